The number of nitrogens with zero attached hydrogens (tertiary/aromatic N) is 3. The van der Waals surface area contributed by atoms with E-state index < -0.39 is 41.9 Å². The molecule has 16 nitrogen and oxygen atoms in total. The Morgan fingerprint density at radius 3 is 1.24 bits per heavy atom. The first kappa shape index (κ1) is 77.7. The zero-order valence-corrected chi connectivity index (χ0v) is 61.8. The van der Waals surface area contributed by atoms with Crippen molar-refractivity contribution in [3.63, 3.8) is 0 Å². The lowest BCUT2D eigenvalue weighted by Gasteiger charge is -2.18. The highest BCUT2D eigenvalue weighted by Crippen LogP contribution is 2.45. The van der Waals surface area contributed by atoms with E-state index in [0.717, 1.165) is 98.9 Å². The molecular weight excluding hydrogens is 1390 g/mol. The minimum absolute atomic E-state index is 0. The smallest absolute Gasteiger partial charge is 0.294 e. The van der Waals surface area contributed by atoms with Gasteiger partial charge in [-0.05, 0) is 175 Å². The van der Waals surface area contributed by atoms with Gasteiger partial charge in [0, 0.05) is 59.3 Å². The molecule has 0 radical (unpaired) electrons. The van der Waals surface area contributed by atoms with Crippen LogP contribution in [-0.4, -0.2) is 63.5 Å². The number of hydrogen-bond acceptors (Lipinski definition) is 12. The second-order valence-electron chi connectivity index (χ2n) is 25.0. The van der Waals surface area contributed by atoms with Crippen LogP contribution in [0.15, 0.2) is 298 Å². The van der Waals surface area contributed by atoms with Crippen LogP contribution in [0, 0.1) is 6.92 Å². The normalized spacial score (nSPS) is 13.5. The Morgan fingerprint density at radius 1 is 0.443 bits per heavy atom. The van der Waals surface area contributed by atoms with E-state index in [1.165, 1.54) is 45.3 Å². The number of aromatic nitrogens is 1. The van der Waals surface area contributed by atoms with Crippen molar-refractivity contribution in [3.05, 3.63) is 312 Å². The number of aryl methyl sites for hydroxylation is 4. The molecule has 0 aliphatic carbocycles. The molecule has 2 aliphatic rings. The van der Waals surface area contributed by atoms with Gasteiger partial charge in [-0.3, -0.25) is 13.7 Å². The highest BCUT2D eigenvalue weighted by molar-refractivity contribution is 7.86. The number of pyridine rings is 1. The van der Waals surface area contributed by atoms with E-state index in [0.29, 0.717) is 40.6 Å². The first-order valence-electron chi connectivity index (χ1n) is 34.8. The molecule has 546 valence electrons. The zero-order valence-electron chi connectivity index (χ0n) is 59.3. The average molecular weight is 1480 g/mol. The van der Waals surface area contributed by atoms with E-state index in [-0.39, 0.29) is 25.3 Å². The molecule has 0 saturated carbocycles. The van der Waals surface area contributed by atoms with Gasteiger partial charge in [0.05, 0.1) is 27.8 Å². The molecule has 106 heavy (non-hydrogen) atoms. The average Bonchev–Trinajstić information content (AvgIpc) is 1.71. The number of fused-ring (bicyclic) bond motifs is 4. The van der Waals surface area contributed by atoms with Crippen LogP contribution in [-0.2, 0) is 49.7 Å². The standard InChI is InChI=1S/C36H33NO8S2.C36H33NO2.C7H10N.C7H8O3S.CH4/c1-2-25(21-35-30(17-19-46(38,39)40)31-23-28(13-15-33(31)44-35)26-9-5-3-6-10-26)22-36-37(18-20-47(41,42)43)32-24-29(14-16-34(32)45-36)27-11-7-4-8-12-27;1-4-25(21-35-30(5-2)31-23-28(17-19-33(31)38-35)26-13-9-7-10-14-26)22-36-37(6-3)32-24-29(18-20-34(32)39-36)27-15-11-8-12-16-27;1-2-8-6-4-3-5-7-8;1-6-2-4-7(5-3-6)11(8,9)10;/h3-16,21-24H,2,17-20H2,1H3,(H,38,39,40)(H,41,42,43);7-24H,4-6H2,1-3H3;3-7H,2H2,1H3;2-5H,1H3,(H,8,9,10);1H4/q;;+1;;/b2*25-21-,36-22-;;;. The van der Waals surface area contributed by atoms with Crippen LogP contribution in [0.4, 0.5) is 11.4 Å². The monoisotopic (exact) mass is 1480 g/mol. The summed E-state index contributed by atoms with van der Waals surface area (Å²) in [5, 5.41) is 1.92. The van der Waals surface area contributed by atoms with Crippen molar-refractivity contribution >= 4 is 75.8 Å². The third-order valence-electron chi connectivity index (χ3n) is 17.9. The molecule has 0 saturated heterocycles. The van der Waals surface area contributed by atoms with Gasteiger partial charge in [-0.15, -0.1) is 0 Å². The van der Waals surface area contributed by atoms with Gasteiger partial charge in [0.15, 0.2) is 23.9 Å². The number of ether oxygens (including phenoxy) is 2. The number of anilines is 2. The van der Waals surface area contributed by atoms with Gasteiger partial charge in [0.25, 0.3) is 30.4 Å². The molecule has 0 atom stereocenters. The number of hydrogen-bond donors (Lipinski definition) is 3. The highest BCUT2D eigenvalue weighted by Gasteiger charge is 2.30. The van der Waals surface area contributed by atoms with Crippen LogP contribution in [0.3, 0.4) is 0 Å². The number of furan rings is 2. The third kappa shape index (κ3) is 19.9. The molecule has 2 aliphatic heterocycles. The summed E-state index contributed by atoms with van der Waals surface area (Å²) >= 11 is 0. The van der Waals surface area contributed by atoms with Crippen molar-refractivity contribution in [1.82, 2.24) is 0 Å². The fourth-order valence-electron chi connectivity index (χ4n) is 12.3. The summed E-state index contributed by atoms with van der Waals surface area (Å²) in [5.41, 5.74) is 16.6. The van der Waals surface area contributed by atoms with E-state index in [4.69, 9.17) is 22.9 Å². The fraction of sp³-hybridized carbons (Fsp3) is 0.184. The molecule has 14 rings (SSSR count). The minimum atomic E-state index is -4.27. The van der Waals surface area contributed by atoms with E-state index >= 15 is 0 Å². The Balaban J connectivity index is 0.000000181. The summed E-state index contributed by atoms with van der Waals surface area (Å²) in [5.74, 6) is 3.02. The van der Waals surface area contributed by atoms with E-state index in [9.17, 15) is 34.4 Å². The third-order valence-corrected chi connectivity index (χ3v) is 20.2. The molecule has 0 unspecified atom stereocenters. The van der Waals surface area contributed by atoms with Gasteiger partial charge < -0.3 is 28.1 Å². The summed E-state index contributed by atoms with van der Waals surface area (Å²) in [6.07, 6.45) is 14.3. The lowest BCUT2D eigenvalue weighted by Crippen LogP contribution is -2.30. The van der Waals surface area contributed by atoms with Crippen molar-refractivity contribution in [3.8, 4) is 56.0 Å². The highest BCUT2D eigenvalue weighted by atomic mass is 32.2. The second kappa shape index (κ2) is 35.3. The maximum absolute atomic E-state index is 11.8. The van der Waals surface area contributed by atoms with Crippen molar-refractivity contribution in [2.45, 2.75) is 86.1 Å². The maximum atomic E-state index is 11.8. The number of rotatable bonds is 20. The molecule has 0 amide bonds. The van der Waals surface area contributed by atoms with Gasteiger partial charge in [-0.1, -0.05) is 198 Å². The van der Waals surface area contributed by atoms with Crippen LogP contribution in [0.25, 0.3) is 78.6 Å². The zero-order chi connectivity index (χ0) is 74.3. The van der Waals surface area contributed by atoms with Gasteiger partial charge in [0.2, 0.25) is 11.8 Å². The summed E-state index contributed by atoms with van der Waals surface area (Å²) in [4.78, 5) is 3.89. The van der Waals surface area contributed by atoms with E-state index in [1.807, 2.05) is 135 Å². The maximum Gasteiger partial charge on any atom is 0.294 e. The Bertz CT molecular complexity index is 5490. The largest absolute Gasteiger partial charge is 0.456 e. The van der Waals surface area contributed by atoms with Crippen molar-refractivity contribution < 1.29 is 61.8 Å². The van der Waals surface area contributed by atoms with Crippen LogP contribution >= 0.6 is 0 Å². The first-order chi connectivity index (χ1) is 50.6. The molecule has 12 aromatic rings. The SMILES string of the molecule is C.CCC(=C/c1oc2ccc(-c3ccccc3)cc2c1CC)/C=C1\Oc2ccc(-c3ccccc3)cc2N1CC.CCC(=C/c1oc2ccc(-c3ccccc3)cc2c1CCS(=O)(=O)O)/C=C1\Oc2ccc(-c3ccccc3)cc2N1CCS(=O)(=O)O.CC[n+]1ccccc1.Cc1ccc(S(=O)(=O)O)cc1. The molecule has 3 N–H and O–H groups in total. The van der Waals surface area contributed by atoms with Crippen molar-refractivity contribution in [1.29, 1.82) is 0 Å². The molecule has 9 aromatic carbocycles. The molecule has 0 spiro atoms. The lowest BCUT2D eigenvalue weighted by atomic mass is 10.0. The molecular formula is C87H88N3O13S3+. The van der Waals surface area contributed by atoms with Gasteiger partial charge in [-0.2, -0.15) is 25.3 Å². The molecule has 0 fully saturated rings. The molecule has 5 heterocycles. The number of benzene rings is 9. The van der Waals surface area contributed by atoms with E-state index in [1.54, 1.807) is 29.2 Å². The topological polar surface area (TPSA) is 218 Å². The van der Waals surface area contributed by atoms with E-state index in [2.05, 4.69) is 153 Å². The Morgan fingerprint density at radius 2 is 0.840 bits per heavy atom. The summed E-state index contributed by atoms with van der Waals surface area (Å²) in [7, 11) is -12.5. The second-order valence-corrected chi connectivity index (χ2v) is 29.6. The summed E-state index contributed by atoms with van der Waals surface area (Å²) in [6, 6.07) is 76.9. The predicted octanol–water partition coefficient (Wildman–Crippen LogP) is 20.4. The number of allylic oxidation sites excluding steroid dienone is 4. The van der Waals surface area contributed by atoms with Crippen molar-refractivity contribution in [2.75, 3.05) is 34.4 Å². The summed E-state index contributed by atoms with van der Waals surface area (Å²) < 4.78 is 123. The van der Waals surface area contributed by atoms with Crippen LogP contribution < -0.4 is 23.8 Å². The lowest BCUT2D eigenvalue weighted by molar-refractivity contribution is -0.693. The van der Waals surface area contributed by atoms with Gasteiger partial charge in [-0.25, -0.2) is 4.57 Å². The molecule has 0 bridgehead atoms. The fourth-order valence-corrected chi connectivity index (χ4v) is 13.7. The van der Waals surface area contributed by atoms with Crippen molar-refractivity contribution in [2.24, 2.45) is 0 Å². The Kier molecular flexibility index (Phi) is 25.8. The van der Waals surface area contributed by atoms with Gasteiger partial charge >= 0.3 is 0 Å². The predicted molar refractivity (Wildman–Crippen MR) is 427 cm³/mol. The Hall–Kier alpha value is -10.9. The molecule has 3 aromatic heterocycles. The molecule has 19 heteroatoms. The van der Waals surface area contributed by atoms with Crippen LogP contribution in [0.5, 0.6) is 11.5 Å². The van der Waals surface area contributed by atoms with Crippen LogP contribution in [0.2, 0.25) is 0 Å². The minimum Gasteiger partial charge on any atom is -0.456 e. The quantitative estimate of drug-likeness (QED) is 0.0477. The summed E-state index contributed by atoms with van der Waals surface area (Å²) in [6.45, 7) is 14.3. The first-order valence-corrected chi connectivity index (χ1v) is 39.5. The van der Waals surface area contributed by atoms with Crippen LogP contribution in [0.1, 0.15) is 83.1 Å². The van der Waals surface area contributed by atoms with Gasteiger partial charge in [0.1, 0.15) is 29.2 Å². The Labute approximate surface area is 622 Å².